The lowest BCUT2D eigenvalue weighted by atomic mass is 9.99. The zero-order chi connectivity index (χ0) is 15.2. The molecule has 0 radical (unpaired) electrons. The molecule has 0 saturated carbocycles. The van der Waals surface area contributed by atoms with Crippen molar-refractivity contribution < 1.29 is 9.47 Å². The van der Waals surface area contributed by atoms with E-state index in [1.807, 2.05) is 30.3 Å². The Bertz CT molecular complexity index is 614. The van der Waals surface area contributed by atoms with Gasteiger partial charge in [-0.05, 0) is 47.5 Å². The summed E-state index contributed by atoms with van der Waals surface area (Å²) in [6.45, 7) is 3.82. The second-order valence-electron chi connectivity index (χ2n) is 4.65. The fourth-order valence-corrected chi connectivity index (χ4v) is 2.41. The molecule has 3 nitrogen and oxygen atoms in total. The van der Waals surface area contributed by atoms with E-state index in [9.17, 15) is 0 Å². The standard InChI is InChI=1S/C17H20ClNO2/c1-4-19-11-13-5-7-14(18)10-15(13)12-6-8-16(20-2)17(9-12)21-3/h5-10,19H,4,11H2,1-3H3. The fourth-order valence-electron chi connectivity index (χ4n) is 2.23. The lowest BCUT2D eigenvalue weighted by molar-refractivity contribution is 0.355. The first-order valence-corrected chi connectivity index (χ1v) is 7.29. The minimum absolute atomic E-state index is 0.712. The lowest BCUT2D eigenvalue weighted by Crippen LogP contribution is -2.12. The molecule has 0 aliphatic carbocycles. The SMILES string of the molecule is CCNCc1ccc(Cl)cc1-c1ccc(OC)c(OC)c1. The Morgan fingerprint density at radius 2 is 1.76 bits per heavy atom. The van der Waals surface area contributed by atoms with E-state index in [1.54, 1.807) is 14.2 Å². The summed E-state index contributed by atoms with van der Waals surface area (Å²) in [6, 6.07) is 11.8. The van der Waals surface area contributed by atoms with Crippen LogP contribution in [0.4, 0.5) is 0 Å². The summed E-state index contributed by atoms with van der Waals surface area (Å²) in [5, 5.41) is 4.07. The fraction of sp³-hybridized carbons (Fsp3) is 0.294. The molecule has 1 N–H and O–H groups in total. The Balaban J connectivity index is 2.47. The zero-order valence-electron chi connectivity index (χ0n) is 12.6. The van der Waals surface area contributed by atoms with Gasteiger partial charge < -0.3 is 14.8 Å². The monoisotopic (exact) mass is 305 g/mol. The molecule has 0 aromatic heterocycles. The second-order valence-corrected chi connectivity index (χ2v) is 5.09. The molecule has 2 rings (SSSR count). The second kappa shape index (κ2) is 7.34. The number of methoxy groups -OCH3 is 2. The van der Waals surface area contributed by atoms with Crippen molar-refractivity contribution in [2.24, 2.45) is 0 Å². The Kier molecular flexibility index (Phi) is 5.48. The Morgan fingerprint density at radius 3 is 2.43 bits per heavy atom. The van der Waals surface area contributed by atoms with Gasteiger partial charge in [0, 0.05) is 11.6 Å². The van der Waals surface area contributed by atoms with Gasteiger partial charge in [0.2, 0.25) is 0 Å². The van der Waals surface area contributed by atoms with Gasteiger partial charge in [-0.3, -0.25) is 0 Å². The van der Waals surface area contributed by atoms with Gasteiger partial charge in [-0.15, -0.1) is 0 Å². The van der Waals surface area contributed by atoms with Gasteiger partial charge in [0.25, 0.3) is 0 Å². The number of halogens is 1. The van der Waals surface area contributed by atoms with Crippen LogP contribution in [-0.4, -0.2) is 20.8 Å². The molecule has 0 aliphatic rings. The van der Waals surface area contributed by atoms with E-state index in [0.717, 1.165) is 35.0 Å². The van der Waals surface area contributed by atoms with Crippen LogP contribution in [0.15, 0.2) is 36.4 Å². The lowest BCUT2D eigenvalue weighted by Gasteiger charge is -2.13. The minimum atomic E-state index is 0.712. The molecule has 21 heavy (non-hydrogen) atoms. The molecule has 0 heterocycles. The van der Waals surface area contributed by atoms with E-state index in [2.05, 4.69) is 18.3 Å². The van der Waals surface area contributed by atoms with Crippen LogP contribution >= 0.6 is 11.6 Å². The number of benzene rings is 2. The van der Waals surface area contributed by atoms with Gasteiger partial charge in [-0.25, -0.2) is 0 Å². The Morgan fingerprint density at radius 1 is 1.00 bits per heavy atom. The van der Waals surface area contributed by atoms with Gasteiger partial charge in [0.15, 0.2) is 11.5 Å². The van der Waals surface area contributed by atoms with Gasteiger partial charge in [-0.2, -0.15) is 0 Å². The van der Waals surface area contributed by atoms with Gasteiger partial charge in [0.05, 0.1) is 14.2 Å². The topological polar surface area (TPSA) is 30.5 Å². The van der Waals surface area contributed by atoms with Crippen molar-refractivity contribution in [2.75, 3.05) is 20.8 Å². The molecule has 0 bridgehead atoms. The highest BCUT2D eigenvalue weighted by Gasteiger charge is 2.10. The molecule has 0 spiro atoms. The quantitative estimate of drug-likeness (QED) is 0.870. The Labute approximate surface area is 130 Å². The summed E-state index contributed by atoms with van der Waals surface area (Å²) in [6.07, 6.45) is 0. The normalized spacial score (nSPS) is 10.5. The van der Waals surface area contributed by atoms with Crippen LogP contribution in [0.2, 0.25) is 5.02 Å². The summed E-state index contributed by atoms with van der Waals surface area (Å²) >= 11 is 6.16. The zero-order valence-corrected chi connectivity index (χ0v) is 13.3. The van der Waals surface area contributed by atoms with E-state index >= 15 is 0 Å². The molecule has 0 aliphatic heterocycles. The van der Waals surface area contributed by atoms with Crippen LogP contribution in [0.3, 0.4) is 0 Å². The van der Waals surface area contributed by atoms with E-state index in [4.69, 9.17) is 21.1 Å². The van der Waals surface area contributed by atoms with Crippen LogP contribution in [-0.2, 0) is 6.54 Å². The molecule has 112 valence electrons. The third-order valence-corrected chi connectivity index (χ3v) is 3.57. The molecular formula is C17H20ClNO2. The molecule has 0 amide bonds. The van der Waals surface area contributed by atoms with Gasteiger partial charge in [0.1, 0.15) is 0 Å². The van der Waals surface area contributed by atoms with Crippen LogP contribution < -0.4 is 14.8 Å². The number of ether oxygens (including phenoxy) is 2. The first-order valence-electron chi connectivity index (χ1n) is 6.91. The summed E-state index contributed by atoms with van der Waals surface area (Å²) in [4.78, 5) is 0. The van der Waals surface area contributed by atoms with Crippen LogP contribution in [0, 0.1) is 0 Å². The van der Waals surface area contributed by atoms with E-state index in [1.165, 1.54) is 5.56 Å². The van der Waals surface area contributed by atoms with Crippen LogP contribution in [0.5, 0.6) is 11.5 Å². The number of hydrogen-bond donors (Lipinski definition) is 1. The van der Waals surface area contributed by atoms with Crippen molar-refractivity contribution in [1.82, 2.24) is 5.32 Å². The molecule has 0 saturated heterocycles. The van der Waals surface area contributed by atoms with Crippen molar-refractivity contribution in [3.8, 4) is 22.6 Å². The third-order valence-electron chi connectivity index (χ3n) is 3.33. The average molecular weight is 306 g/mol. The van der Waals surface area contributed by atoms with Crippen molar-refractivity contribution >= 4 is 11.6 Å². The largest absolute Gasteiger partial charge is 0.493 e. The van der Waals surface area contributed by atoms with E-state index in [0.29, 0.717) is 5.75 Å². The third kappa shape index (κ3) is 3.69. The number of rotatable bonds is 6. The average Bonchev–Trinajstić information content (AvgIpc) is 2.53. The predicted molar refractivity (Wildman–Crippen MR) is 87.4 cm³/mol. The molecule has 2 aromatic rings. The maximum atomic E-state index is 6.16. The minimum Gasteiger partial charge on any atom is -0.493 e. The highest BCUT2D eigenvalue weighted by atomic mass is 35.5. The maximum absolute atomic E-state index is 6.16. The molecule has 0 fully saturated rings. The summed E-state index contributed by atoms with van der Waals surface area (Å²) < 4.78 is 10.7. The molecule has 2 aromatic carbocycles. The van der Waals surface area contributed by atoms with Crippen molar-refractivity contribution in [1.29, 1.82) is 0 Å². The Hall–Kier alpha value is -1.71. The van der Waals surface area contributed by atoms with Crippen molar-refractivity contribution in [3.05, 3.63) is 47.0 Å². The van der Waals surface area contributed by atoms with E-state index < -0.39 is 0 Å². The van der Waals surface area contributed by atoms with E-state index in [-0.39, 0.29) is 0 Å². The van der Waals surface area contributed by atoms with Crippen molar-refractivity contribution in [3.63, 3.8) is 0 Å². The highest BCUT2D eigenvalue weighted by Crippen LogP contribution is 2.34. The molecule has 4 heteroatoms. The molecule has 0 atom stereocenters. The summed E-state index contributed by atoms with van der Waals surface area (Å²) in [7, 11) is 3.27. The van der Waals surface area contributed by atoms with Crippen molar-refractivity contribution in [2.45, 2.75) is 13.5 Å². The predicted octanol–water partition coefficient (Wildman–Crippen LogP) is 4.13. The maximum Gasteiger partial charge on any atom is 0.161 e. The molecule has 0 unspecified atom stereocenters. The summed E-state index contributed by atoms with van der Waals surface area (Å²) in [5.41, 5.74) is 3.36. The first kappa shape index (κ1) is 15.7. The van der Waals surface area contributed by atoms with Gasteiger partial charge >= 0.3 is 0 Å². The molecular weight excluding hydrogens is 286 g/mol. The van der Waals surface area contributed by atoms with Gasteiger partial charge in [-0.1, -0.05) is 30.7 Å². The summed E-state index contributed by atoms with van der Waals surface area (Å²) in [5.74, 6) is 1.43. The number of nitrogens with one attached hydrogen (secondary N) is 1. The highest BCUT2D eigenvalue weighted by molar-refractivity contribution is 6.30. The van der Waals surface area contributed by atoms with Crippen LogP contribution in [0.25, 0.3) is 11.1 Å². The smallest absolute Gasteiger partial charge is 0.161 e. The van der Waals surface area contributed by atoms with Crippen LogP contribution in [0.1, 0.15) is 12.5 Å². The first-order chi connectivity index (χ1) is 10.2. The number of hydrogen-bond acceptors (Lipinski definition) is 3.